The van der Waals surface area contributed by atoms with Crippen LogP contribution < -0.4 is 4.72 Å². The number of aliphatic hydroxyl groups is 1. The summed E-state index contributed by atoms with van der Waals surface area (Å²) < 4.78 is 29.4. The molecule has 2 N–H and O–H groups in total. The van der Waals surface area contributed by atoms with Crippen molar-refractivity contribution in [3.05, 3.63) is 22.4 Å². The standard InChI is InChI=1S/C14H24N2O3S2/c1-2-5-13(14-7-4-9-20-14)15-21(18,19)16-8-3-6-12(10-16)11-17/h4,7,9,12-13,15,17H,2-3,5-6,8,10-11H2,1H3. The highest BCUT2D eigenvalue weighted by atomic mass is 32.2. The molecular formula is C14H24N2O3S2. The first-order valence-electron chi connectivity index (χ1n) is 7.48. The molecule has 0 aliphatic carbocycles. The summed E-state index contributed by atoms with van der Waals surface area (Å²) in [4.78, 5) is 1.05. The summed E-state index contributed by atoms with van der Waals surface area (Å²) in [5, 5.41) is 11.2. The normalized spacial score (nSPS) is 22.3. The van der Waals surface area contributed by atoms with Gasteiger partial charge in [-0.25, -0.2) is 0 Å². The fourth-order valence-electron chi connectivity index (χ4n) is 2.69. The van der Waals surface area contributed by atoms with Gasteiger partial charge >= 0.3 is 0 Å². The summed E-state index contributed by atoms with van der Waals surface area (Å²) in [6.07, 6.45) is 3.41. The highest BCUT2D eigenvalue weighted by Crippen LogP contribution is 2.26. The van der Waals surface area contributed by atoms with Crippen molar-refractivity contribution in [2.24, 2.45) is 5.92 Å². The Labute approximate surface area is 131 Å². The lowest BCUT2D eigenvalue weighted by Crippen LogP contribution is -2.47. The predicted molar refractivity (Wildman–Crippen MR) is 85.4 cm³/mol. The SMILES string of the molecule is CCCC(NS(=O)(=O)N1CCCC(CO)C1)c1cccs1. The van der Waals surface area contributed by atoms with Crippen LogP contribution in [-0.4, -0.2) is 37.5 Å². The van der Waals surface area contributed by atoms with Gasteiger partial charge in [0.15, 0.2) is 0 Å². The van der Waals surface area contributed by atoms with Gasteiger partial charge in [-0.15, -0.1) is 11.3 Å². The molecule has 0 bridgehead atoms. The molecule has 2 atom stereocenters. The lowest BCUT2D eigenvalue weighted by molar-refractivity contribution is 0.164. The van der Waals surface area contributed by atoms with E-state index in [1.165, 1.54) is 4.31 Å². The average Bonchev–Trinajstić information content (AvgIpc) is 3.01. The van der Waals surface area contributed by atoms with Crippen LogP contribution in [-0.2, 0) is 10.2 Å². The van der Waals surface area contributed by atoms with Gasteiger partial charge in [-0.1, -0.05) is 19.4 Å². The molecule has 2 unspecified atom stereocenters. The third-order valence-electron chi connectivity index (χ3n) is 3.84. The molecule has 21 heavy (non-hydrogen) atoms. The van der Waals surface area contributed by atoms with Gasteiger partial charge in [0.2, 0.25) is 0 Å². The van der Waals surface area contributed by atoms with Crippen LogP contribution in [0.1, 0.15) is 43.5 Å². The molecule has 0 spiro atoms. The molecule has 2 heterocycles. The van der Waals surface area contributed by atoms with E-state index in [2.05, 4.69) is 11.6 Å². The monoisotopic (exact) mass is 332 g/mol. The van der Waals surface area contributed by atoms with Crippen LogP contribution in [0.3, 0.4) is 0 Å². The minimum Gasteiger partial charge on any atom is -0.396 e. The zero-order chi connectivity index (χ0) is 15.3. The van der Waals surface area contributed by atoms with Gasteiger partial charge in [0.25, 0.3) is 10.2 Å². The van der Waals surface area contributed by atoms with Crippen LogP contribution in [0, 0.1) is 5.92 Å². The van der Waals surface area contributed by atoms with Gasteiger partial charge in [0.05, 0.1) is 6.04 Å². The lowest BCUT2D eigenvalue weighted by atomic mass is 10.0. The Balaban J connectivity index is 2.07. The van der Waals surface area contributed by atoms with Crippen molar-refractivity contribution in [2.45, 2.75) is 38.6 Å². The summed E-state index contributed by atoms with van der Waals surface area (Å²) in [7, 11) is -3.49. The molecule has 1 fully saturated rings. The number of hydrogen-bond donors (Lipinski definition) is 2. The van der Waals surface area contributed by atoms with Crippen molar-refractivity contribution in [1.29, 1.82) is 0 Å². The van der Waals surface area contributed by atoms with Crippen molar-refractivity contribution in [2.75, 3.05) is 19.7 Å². The molecule has 1 aliphatic heterocycles. The van der Waals surface area contributed by atoms with E-state index in [4.69, 9.17) is 0 Å². The van der Waals surface area contributed by atoms with E-state index in [1.54, 1.807) is 11.3 Å². The van der Waals surface area contributed by atoms with E-state index in [0.717, 1.165) is 30.6 Å². The second-order valence-corrected chi connectivity index (χ2v) is 8.21. The van der Waals surface area contributed by atoms with Gasteiger partial charge in [-0.3, -0.25) is 0 Å². The molecule has 0 aromatic carbocycles. The topological polar surface area (TPSA) is 69.6 Å². The van der Waals surface area contributed by atoms with Crippen LogP contribution in [0.15, 0.2) is 17.5 Å². The minimum absolute atomic E-state index is 0.0509. The summed E-state index contributed by atoms with van der Waals surface area (Å²) in [6.45, 7) is 3.05. The first kappa shape index (κ1) is 16.9. The Hall–Kier alpha value is -0.470. The average molecular weight is 332 g/mol. The van der Waals surface area contributed by atoms with Crippen LogP contribution in [0.4, 0.5) is 0 Å². The van der Waals surface area contributed by atoms with Crippen LogP contribution in [0.25, 0.3) is 0 Å². The van der Waals surface area contributed by atoms with Crippen molar-refractivity contribution >= 4 is 21.5 Å². The number of hydrogen-bond acceptors (Lipinski definition) is 4. The van der Waals surface area contributed by atoms with Gasteiger partial charge in [-0.05, 0) is 36.6 Å². The molecule has 2 rings (SSSR count). The molecule has 0 amide bonds. The number of nitrogens with one attached hydrogen (secondary N) is 1. The summed E-state index contributed by atoms with van der Waals surface area (Å²) in [5.41, 5.74) is 0. The van der Waals surface area contributed by atoms with Crippen molar-refractivity contribution in [1.82, 2.24) is 9.03 Å². The van der Waals surface area contributed by atoms with E-state index in [1.807, 2.05) is 17.5 Å². The van der Waals surface area contributed by atoms with Crippen molar-refractivity contribution in [3.8, 4) is 0 Å². The first-order valence-corrected chi connectivity index (χ1v) is 9.80. The highest BCUT2D eigenvalue weighted by Gasteiger charge is 2.30. The van der Waals surface area contributed by atoms with Gasteiger partial charge < -0.3 is 5.11 Å². The van der Waals surface area contributed by atoms with Crippen LogP contribution in [0.2, 0.25) is 0 Å². The number of rotatable bonds is 7. The molecule has 1 aromatic rings. The molecular weight excluding hydrogens is 308 g/mol. The maximum atomic E-state index is 12.6. The molecule has 120 valence electrons. The smallest absolute Gasteiger partial charge is 0.280 e. The number of thiophene rings is 1. The first-order chi connectivity index (χ1) is 10.1. The maximum absolute atomic E-state index is 12.6. The Morgan fingerprint density at radius 1 is 1.57 bits per heavy atom. The van der Waals surface area contributed by atoms with E-state index >= 15 is 0 Å². The fourth-order valence-corrected chi connectivity index (χ4v) is 5.10. The fraction of sp³-hybridized carbons (Fsp3) is 0.714. The van der Waals surface area contributed by atoms with Crippen molar-refractivity contribution < 1.29 is 13.5 Å². The molecule has 0 radical (unpaired) electrons. The Kier molecular flexibility index (Phi) is 6.19. The Morgan fingerprint density at radius 3 is 3.00 bits per heavy atom. The molecule has 1 saturated heterocycles. The zero-order valence-electron chi connectivity index (χ0n) is 12.4. The molecule has 7 heteroatoms. The minimum atomic E-state index is -3.49. The molecule has 1 aliphatic rings. The lowest BCUT2D eigenvalue weighted by Gasteiger charge is -2.32. The predicted octanol–water partition coefficient (Wildman–Crippen LogP) is 2.13. The summed E-state index contributed by atoms with van der Waals surface area (Å²) >= 11 is 1.58. The molecule has 5 nitrogen and oxygen atoms in total. The third kappa shape index (κ3) is 4.50. The van der Waals surface area contributed by atoms with E-state index in [0.29, 0.717) is 13.1 Å². The van der Waals surface area contributed by atoms with Gasteiger partial charge in [0, 0.05) is 24.6 Å². The molecule has 1 aromatic heterocycles. The Bertz CT molecular complexity index is 516. The van der Waals surface area contributed by atoms with Gasteiger partial charge in [-0.2, -0.15) is 17.4 Å². The summed E-state index contributed by atoms with van der Waals surface area (Å²) in [5.74, 6) is 0.0571. The van der Waals surface area contributed by atoms with E-state index in [-0.39, 0.29) is 18.6 Å². The number of piperidine rings is 1. The largest absolute Gasteiger partial charge is 0.396 e. The third-order valence-corrected chi connectivity index (χ3v) is 6.41. The Morgan fingerprint density at radius 2 is 2.38 bits per heavy atom. The quantitative estimate of drug-likeness (QED) is 0.803. The second kappa shape index (κ2) is 7.69. The molecule has 0 saturated carbocycles. The number of nitrogens with zero attached hydrogens (tertiary/aromatic N) is 1. The van der Waals surface area contributed by atoms with E-state index < -0.39 is 10.2 Å². The van der Waals surface area contributed by atoms with Crippen LogP contribution >= 0.6 is 11.3 Å². The van der Waals surface area contributed by atoms with Crippen molar-refractivity contribution in [3.63, 3.8) is 0 Å². The highest BCUT2D eigenvalue weighted by molar-refractivity contribution is 7.87. The zero-order valence-corrected chi connectivity index (χ0v) is 14.0. The maximum Gasteiger partial charge on any atom is 0.280 e. The van der Waals surface area contributed by atoms with Crippen LogP contribution in [0.5, 0.6) is 0 Å². The second-order valence-electron chi connectivity index (χ2n) is 5.53. The number of aliphatic hydroxyl groups excluding tert-OH is 1. The van der Waals surface area contributed by atoms with Gasteiger partial charge in [0.1, 0.15) is 0 Å². The summed E-state index contributed by atoms with van der Waals surface area (Å²) in [6, 6.07) is 3.76. The van der Waals surface area contributed by atoms with E-state index in [9.17, 15) is 13.5 Å².